The average Bonchev–Trinajstić information content (AvgIpc) is 2.26. The first kappa shape index (κ1) is 12.4. The highest BCUT2D eigenvalue weighted by molar-refractivity contribution is 7.80. The molecule has 1 nitrogen and oxygen atoms in total. The van der Waals surface area contributed by atoms with E-state index in [2.05, 4.69) is 62.7 Å². The van der Waals surface area contributed by atoms with Gasteiger partial charge in [-0.15, -0.1) is 0 Å². The molecule has 0 aliphatic carbocycles. The number of rotatable bonds is 5. The smallest absolute Gasteiger partial charge is 0.0363 e. The average molecular weight is 223 g/mol. The normalized spacial score (nSPS) is 12.5. The van der Waals surface area contributed by atoms with Crippen molar-refractivity contribution in [2.75, 3.05) is 24.2 Å². The lowest BCUT2D eigenvalue weighted by atomic mass is 10.1. The van der Waals surface area contributed by atoms with Gasteiger partial charge in [-0.05, 0) is 30.7 Å². The standard InChI is InChI=1S/C13H21NS/c1-4-12(10-15)9-14(3)13-7-5-11(2)6-8-13/h5-8,12,15H,4,9-10H2,1-3H3. The van der Waals surface area contributed by atoms with Gasteiger partial charge in [0.2, 0.25) is 0 Å². The van der Waals surface area contributed by atoms with E-state index < -0.39 is 0 Å². The highest BCUT2D eigenvalue weighted by Gasteiger charge is 2.08. The zero-order valence-electron chi connectivity index (χ0n) is 9.90. The third kappa shape index (κ3) is 3.78. The molecule has 84 valence electrons. The van der Waals surface area contributed by atoms with Crippen LogP contribution < -0.4 is 4.90 Å². The lowest BCUT2D eigenvalue weighted by Crippen LogP contribution is -2.25. The summed E-state index contributed by atoms with van der Waals surface area (Å²) in [6.07, 6.45) is 1.19. The van der Waals surface area contributed by atoms with E-state index in [1.165, 1.54) is 17.7 Å². The van der Waals surface area contributed by atoms with Gasteiger partial charge in [0.1, 0.15) is 0 Å². The SMILES string of the molecule is CCC(CS)CN(C)c1ccc(C)cc1. The molecule has 0 saturated heterocycles. The number of hydrogen-bond acceptors (Lipinski definition) is 2. The largest absolute Gasteiger partial charge is 0.374 e. The highest BCUT2D eigenvalue weighted by Crippen LogP contribution is 2.16. The molecule has 0 spiro atoms. The van der Waals surface area contributed by atoms with Crippen molar-refractivity contribution in [2.24, 2.45) is 5.92 Å². The molecular weight excluding hydrogens is 202 g/mol. The quantitative estimate of drug-likeness (QED) is 0.749. The van der Waals surface area contributed by atoms with Crippen molar-refractivity contribution in [1.82, 2.24) is 0 Å². The number of aryl methyl sites for hydroxylation is 1. The maximum absolute atomic E-state index is 4.37. The Morgan fingerprint density at radius 3 is 2.33 bits per heavy atom. The van der Waals surface area contributed by atoms with Crippen LogP contribution >= 0.6 is 12.6 Å². The van der Waals surface area contributed by atoms with Gasteiger partial charge in [-0.1, -0.05) is 31.0 Å². The van der Waals surface area contributed by atoms with Gasteiger partial charge in [0, 0.05) is 19.3 Å². The summed E-state index contributed by atoms with van der Waals surface area (Å²) in [5.41, 5.74) is 2.61. The van der Waals surface area contributed by atoms with E-state index in [0.717, 1.165) is 12.3 Å². The van der Waals surface area contributed by atoms with Gasteiger partial charge in [-0.25, -0.2) is 0 Å². The molecule has 0 fully saturated rings. The molecule has 0 amide bonds. The minimum Gasteiger partial charge on any atom is -0.374 e. The first-order valence-corrected chi connectivity index (χ1v) is 6.19. The summed E-state index contributed by atoms with van der Waals surface area (Å²) in [5.74, 6) is 1.65. The Bertz CT molecular complexity index is 277. The Labute approximate surface area is 98.9 Å². The lowest BCUT2D eigenvalue weighted by molar-refractivity contribution is 0.570. The maximum atomic E-state index is 4.37. The van der Waals surface area contributed by atoms with Crippen LogP contribution in [0.4, 0.5) is 5.69 Å². The van der Waals surface area contributed by atoms with E-state index >= 15 is 0 Å². The molecule has 0 N–H and O–H groups in total. The van der Waals surface area contributed by atoms with E-state index in [1.807, 2.05) is 0 Å². The van der Waals surface area contributed by atoms with Gasteiger partial charge in [0.15, 0.2) is 0 Å². The van der Waals surface area contributed by atoms with Crippen molar-refractivity contribution in [3.05, 3.63) is 29.8 Å². The Hall–Kier alpha value is -0.630. The maximum Gasteiger partial charge on any atom is 0.0363 e. The van der Waals surface area contributed by atoms with E-state index in [9.17, 15) is 0 Å². The molecule has 1 aromatic rings. The molecule has 1 unspecified atom stereocenters. The van der Waals surface area contributed by atoms with Gasteiger partial charge in [-0.3, -0.25) is 0 Å². The van der Waals surface area contributed by atoms with Gasteiger partial charge < -0.3 is 4.90 Å². The van der Waals surface area contributed by atoms with E-state index in [0.29, 0.717) is 5.92 Å². The van der Waals surface area contributed by atoms with Gasteiger partial charge in [0.25, 0.3) is 0 Å². The Morgan fingerprint density at radius 2 is 1.87 bits per heavy atom. The van der Waals surface area contributed by atoms with Crippen LogP contribution in [0.2, 0.25) is 0 Å². The van der Waals surface area contributed by atoms with Crippen molar-refractivity contribution in [3.8, 4) is 0 Å². The number of thiol groups is 1. The third-order valence-corrected chi connectivity index (χ3v) is 3.36. The molecule has 1 aromatic carbocycles. The van der Waals surface area contributed by atoms with Crippen LogP contribution in [-0.4, -0.2) is 19.3 Å². The first-order valence-electron chi connectivity index (χ1n) is 5.56. The number of benzene rings is 1. The van der Waals surface area contributed by atoms with Crippen LogP contribution in [0.25, 0.3) is 0 Å². The zero-order chi connectivity index (χ0) is 11.3. The fraction of sp³-hybridized carbons (Fsp3) is 0.538. The number of anilines is 1. The van der Waals surface area contributed by atoms with Crippen LogP contribution in [0.1, 0.15) is 18.9 Å². The number of hydrogen-bond donors (Lipinski definition) is 1. The minimum atomic E-state index is 0.680. The van der Waals surface area contributed by atoms with Crippen LogP contribution in [0.5, 0.6) is 0 Å². The molecule has 0 saturated carbocycles. The molecule has 0 aromatic heterocycles. The summed E-state index contributed by atoms with van der Waals surface area (Å²) in [6.45, 7) is 5.43. The second-order valence-electron chi connectivity index (χ2n) is 4.17. The van der Waals surface area contributed by atoms with E-state index in [-0.39, 0.29) is 0 Å². The first-order chi connectivity index (χ1) is 7.17. The van der Waals surface area contributed by atoms with Gasteiger partial charge in [0.05, 0.1) is 0 Å². The van der Waals surface area contributed by atoms with Crippen LogP contribution in [0.3, 0.4) is 0 Å². The summed E-state index contributed by atoms with van der Waals surface area (Å²) < 4.78 is 0. The Morgan fingerprint density at radius 1 is 1.27 bits per heavy atom. The Kier molecular flexibility index (Phi) is 5.03. The monoisotopic (exact) mass is 223 g/mol. The van der Waals surface area contributed by atoms with Crippen molar-refractivity contribution in [3.63, 3.8) is 0 Å². The predicted molar refractivity (Wildman–Crippen MR) is 72.1 cm³/mol. The van der Waals surface area contributed by atoms with Crippen molar-refractivity contribution >= 4 is 18.3 Å². The van der Waals surface area contributed by atoms with Gasteiger partial charge in [-0.2, -0.15) is 12.6 Å². The highest BCUT2D eigenvalue weighted by atomic mass is 32.1. The summed E-state index contributed by atoms with van der Waals surface area (Å²) in [6, 6.07) is 8.68. The van der Waals surface area contributed by atoms with Crippen LogP contribution in [0.15, 0.2) is 24.3 Å². The molecule has 0 radical (unpaired) electrons. The molecule has 1 rings (SSSR count). The van der Waals surface area contributed by atoms with Crippen molar-refractivity contribution < 1.29 is 0 Å². The van der Waals surface area contributed by atoms with E-state index in [4.69, 9.17) is 0 Å². The predicted octanol–water partition coefficient (Wildman–Crippen LogP) is 3.39. The molecule has 0 heterocycles. The number of nitrogens with zero attached hydrogens (tertiary/aromatic N) is 1. The molecule has 0 aliphatic heterocycles. The summed E-state index contributed by atoms with van der Waals surface area (Å²) in [5, 5.41) is 0. The summed E-state index contributed by atoms with van der Waals surface area (Å²) in [7, 11) is 2.15. The molecule has 0 bridgehead atoms. The van der Waals surface area contributed by atoms with Crippen molar-refractivity contribution in [2.45, 2.75) is 20.3 Å². The fourth-order valence-corrected chi connectivity index (χ4v) is 1.98. The zero-order valence-corrected chi connectivity index (χ0v) is 10.8. The Balaban J connectivity index is 2.60. The third-order valence-electron chi connectivity index (χ3n) is 2.84. The molecule has 1 atom stereocenters. The van der Waals surface area contributed by atoms with Crippen molar-refractivity contribution in [1.29, 1.82) is 0 Å². The second kappa shape index (κ2) is 6.06. The summed E-state index contributed by atoms with van der Waals surface area (Å²) >= 11 is 4.37. The molecule has 15 heavy (non-hydrogen) atoms. The summed E-state index contributed by atoms with van der Waals surface area (Å²) in [4.78, 5) is 2.31. The topological polar surface area (TPSA) is 3.24 Å². The minimum absolute atomic E-state index is 0.680. The van der Waals surface area contributed by atoms with Crippen LogP contribution in [-0.2, 0) is 0 Å². The molecule has 0 aliphatic rings. The fourth-order valence-electron chi connectivity index (χ4n) is 1.61. The second-order valence-corrected chi connectivity index (χ2v) is 4.54. The molecule has 2 heteroatoms. The van der Waals surface area contributed by atoms with Crippen LogP contribution in [0, 0.1) is 12.8 Å². The van der Waals surface area contributed by atoms with Gasteiger partial charge >= 0.3 is 0 Å². The lowest BCUT2D eigenvalue weighted by Gasteiger charge is -2.24. The molecular formula is C13H21NS. The van der Waals surface area contributed by atoms with E-state index in [1.54, 1.807) is 0 Å².